The van der Waals surface area contributed by atoms with Gasteiger partial charge in [0.2, 0.25) is 6.29 Å². The maximum Gasteiger partial charge on any atom is 0.335 e. The number of carbonyl (C=O) groups excluding carboxylic acids is 1. The number of hydrogen-bond donors (Lipinski definition) is 4. The zero-order chi connectivity index (χ0) is 22.8. The van der Waals surface area contributed by atoms with Crippen molar-refractivity contribution in [1.82, 2.24) is 0 Å². The SMILES string of the molecule is C[C@]12CCC3c4ccc(OC5OC(C(=O)O)C(O)C(O)C5O)cc4CCC3C1CCC2=O. The van der Waals surface area contributed by atoms with E-state index in [0.29, 0.717) is 35.7 Å². The summed E-state index contributed by atoms with van der Waals surface area (Å²) >= 11 is 0. The molecular formula is C24H30O8. The normalized spacial score (nSPS) is 43.2. The van der Waals surface area contributed by atoms with Gasteiger partial charge in [0.1, 0.15) is 29.8 Å². The van der Waals surface area contributed by atoms with Gasteiger partial charge in [0.05, 0.1) is 0 Å². The van der Waals surface area contributed by atoms with E-state index in [2.05, 4.69) is 6.92 Å². The lowest BCUT2D eigenvalue weighted by molar-refractivity contribution is -0.271. The number of carboxylic acid groups (broad SMARTS) is 1. The number of carboxylic acids is 1. The third-order valence-electron chi connectivity index (χ3n) is 8.47. The molecular weight excluding hydrogens is 416 g/mol. The molecule has 8 unspecified atom stereocenters. The lowest BCUT2D eigenvalue weighted by Crippen LogP contribution is -2.61. The minimum absolute atomic E-state index is 0.164. The minimum Gasteiger partial charge on any atom is -0.479 e. The van der Waals surface area contributed by atoms with Crippen LogP contribution in [0.5, 0.6) is 5.75 Å². The summed E-state index contributed by atoms with van der Waals surface area (Å²) in [7, 11) is 0. The number of aryl methyl sites for hydroxylation is 1. The predicted octanol–water partition coefficient (Wildman–Crippen LogP) is 1.38. The second kappa shape index (κ2) is 7.80. The average molecular weight is 446 g/mol. The van der Waals surface area contributed by atoms with Gasteiger partial charge in [-0.1, -0.05) is 13.0 Å². The second-order valence-corrected chi connectivity index (χ2v) is 10.0. The van der Waals surface area contributed by atoms with E-state index in [4.69, 9.17) is 9.47 Å². The quantitative estimate of drug-likeness (QED) is 0.547. The number of Topliss-reactive ketones (excluding diaryl/α,β-unsaturated/α-hetero) is 1. The molecule has 2 saturated carbocycles. The van der Waals surface area contributed by atoms with Crippen molar-refractivity contribution in [2.75, 3.05) is 0 Å². The van der Waals surface area contributed by atoms with Crippen LogP contribution < -0.4 is 4.74 Å². The fourth-order valence-electron chi connectivity index (χ4n) is 6.69. The molecule has 9 atom stereocenters. The lowest BCUT2D eigenvalue weighted by Gasteiger charge is -2.48. The molecule has 1 aliphatic heterocycles. The maximum absolute atomic E-state index is 12.5. The van der Waals surface area contributed by atoms with Gasteiger partial charge in [0, 0.05) is 11.8 Å². The Labute approximate surface area is 186 Å². The van der Waals surface area contributed by atoms with Crippen molar-refractivity contribution in [3.05, 3.63) is 29.3 Å². The molecule has 32 heavy (non-hydrogen) atoms. The Kier molecular flexibility index (Phi) is 5.32. The van der Waals surface area contributed by atoms with Crippen molar-refractivity contribution in [2.45, 2.75) is 82.1 Å². The summed E-state index contributed by atoms with van der Waals surface area (Å²) in [5.41, 5.74) is 2.26. The van der Waals surface area contributed by atoms with Gasteiger partial charge in [0.25, 0.3) is 0 Å². The van der Waals surface area contributed by atoms with Gasteiger partial charge in [0.15, 0.2) is 6.10 Å². The van der Waals surface area contributed by atoms with Gasteiger partial charge in [-0.05, 0) is 73.1 Å². The molecule has 0 bridgehead atoms. The molecule has 3 fully saturated rings. The Morgan fingerprint density at radius 3 is 2.62 bits per heavy atom. The largest absolute Gasteiger partial charge is 0.479 e. The van der Waals surface area contributed by atoms with E-state index in [0.717, 1.165) is 37.7 Å². The van der Waals surface area contributed by atoms with Gasteiger partial charge in [-0.2, -0.15) is 0 Å². The highest BCUT2D eigenvalue weighted by Crippen LogP contribution is 2.59. The van der Waals surface area contributed by atoms with Crippen LogP contribution in [0.3, 0.4) is 0 Å². The first-order valence-electron chi connectivity index (χ1n) is 11.5. The van der Waals surface area contributed by atoms with Gasteiger partial charge in [-0.25, -0.2) is 4.79 Å². The average Bonchev–Trinajstić information content (AvgIpc) is 3.08. The standard InChI is InChI=1S/C24H30O8/c1-24-9-8-14-13-5-3-12(10-11(13)2-4-15(14)16(24)6-7-17(24)25)31-23-20(28)18(26)19(27)21(32-23)22(29)30/h3,5,10,14-16,18-21,23,26-28H,2,4,6-9H2,1H3,(H,29,30)/t14?,15?,16?,18?,19?,20?,21?,23?,24-/m0/s1. The molecule has 4 aliphatic rings. The summed E-state index contributed by atoms with van der Waals surface area (Å²) in [6.45, 7) is 2.15. The molecule has 174 valence electrons. The van der Waals surface area contributed by atoms with E-state index in [1.807, 2.05) is 12.1 Å². The summed E-state index contributed by atoms with van der Waals surface area (Å²) in [6.07, 6.45) is -2.65. The number of rotatable bonds is 3. The van der Waals surface area contributed by atoms with Crippen LogP contribution in [0.25, 0.3) is 0 Å². The number of benzene rings is 1. The first-order chi connectivity index (χ1) is 15.2. The maximum atomic E-state index is 12.5. The zero-order valence-corrected chi connectivity index (χ0v) is 18.0. The van der Waals surface area contributed by atoms with Crippen LogP contribution in [0.1, 0.15) is 56.1 Å². The monoisotopic (exact) mass is 446 g/mol. The molecule has 1 aromatic carbocycles. The lowest BCUT2D eigenvalue weighted by atomic mass is 9.55. The van der Waals surface area contributed by atoms with E-state index in [1.165, 1.54) is 5.56 Å². The van der Waals surface area contributed by atoms with Crippen LogP contribution in [0.15, 0.2) is 18.2 Å². The number of aliphatic hydroxyl groups excluding tert-OH is 3. The third kappa shape index (κ3) is 3.27. The van der Waals surface area contributed by atoms with Gasteiger partial charge in [-0.15, -0.1) is 0 Å². The Bertz CT molecular complexity index is 931. The topological polar surface area (TPSA) is 134 Å². The van der Waals surface area contributed by atoms with Crippen molar-refractivity contribution in [2.24, 2.45) is 17.3 Å². The van der Waals surface area contributed by atoms with Crippen molar-refractivity contribution < 1.29 is 39.5 Å². The fourth-order valence-corrected chi connectivity index (χ4v) is 6.69. The van der Waals surface area contributed by atoms with Crippen LogP contribution in [-0.2, 0) is 20.7 Å². The van der Waals surface area contributed by atoms with Crippen LogP contribution in [0.4, 0.5) is 0 Å². The Hall–Kier alpha value is -2.00. The molecule has 3 aliphatic carbocycles. The summed E-state index contributed by atoms with van der Waals surface area (Å²) in [5, 5.41) is 39.3. The number of aliphatic carboxylic acids is 1. The summed E-state index contributed by atoms with van der Waals surface area (Å²) < 4.78 is 10.9. The van der Waals surface area contributed by atoms with Gasteiger partial charge in [-0.3, -0.25) is 4.79 Å². The van der Waals surface area contributed by atoms with Gasteiger partial charge >= 0.3 is 5.97 Å². The number of aliphatic hydroxyl groups is 3. The highest BCUT2D eigenvalue weighted by molar-refractivity contribution is 5.87. The molecule has 1 saturated heterocycles. The van der Waals surface area contributed by atoms with Crippen LogP contribution >= 0.6 is 0 Å². The van der Waals surface area contributed by atoms with Crippen molar-refractivity contribution >= 4 is 11.8 Å². The van der Waals surface area contributed by atoms with E-state index in [9.17, 15) is 30.0 Å². The first kappa shape index (κ1) is 21.8. The first-order valence-corrected chi connectivity index (χ1v) is 11.5. The number of ether oxygens (including phenoxy) is 2. The van der Waals surface area contributed by atoms with E-state index >= 15 is 0 Å². The van der Waals surface area contributed by atoms with E-state index in [-0.39, 0.29) is 5.41 Å². The van der Waals surface area contributed by atoms with E-state index in [1.54, 1.807) is 6.07 Å². The van der Waals surface area contributed by atoms with Crippen molar-refractivity contribution in [3.63, 3.8) is 0 Å². The molecule has 0 spiro atoms. The van der Waals surface area contributed by atoms with Crippen LogP contribution in [-0.4, -0.2) is 62.9 Å². The molecule has 0 aromatic heterocycles. The summed E-state index contributed by atoms with van der Waals surface area (Å²) in [5.74, 6) is 0.773. The van der Waals surface area contributed by atoms with Crippen LogP contribution in [0, 0.1) is 17.3 Å². The summed E-state index contributed by atoms with van der Waals surface area (Å²) in [4.78, 5) is 23.8. The number of carbonyl (C=O) groups is 2. The highest BCUT2D eigenvalue weighted by Gasteiger charge is 2.54. The second-order valence-electron chi connectivity index (χ2n) is 10.0. The predicted molar refractivity (Wildman–Crippen MR) is 111 cm³/mol. The molecule has 0 radical (unpaired) electrons. The number of ketones is 1. The Balaban J connectivity index is 1.35. The van der Waals surface area contributed by atoms with Gasteiger partial charge < -0.3 is 29.9 Å². The molecule has 4 N–H and O–H groups in total. The van der Waals surface area contributed by atoms with E-state index < -0.39 is 36.7 Å². The van der Waals surface area contributed by atoms with Crippen LogP contribution in [0.2, 0.25) is 0 Å². The Morgan fingerprint density at radius 1 is 1.09 bits per heavy atom. The Morgan fingerprint density at radius 2 is 1.88 bits per heavy atom. The molecule has 8 heteroatoms. The van der Waals surface area contributed by atoms with Crippen molar-refractivity contribution in [1.29, 1.82) is 0 Å². The minimum atomic E-state index is -1.75. The highest BCUT2D eigenvalue weighted by atomic mass is 16.7. The third-order valence-corrected chi connectivity index (χ3v) is 8.47. The number of hydrogen-bond acceptors (Lipinski definition) is 7. The van der Waals surface area contributed by atoms with Crippen molar-refractivity contribution in [3.8, 4) is 5.75 Å². The number of fused-ring (bicyclic) bond motifs is 5. The molecule has 0 amide bonds. The molecule has 5 rings (SSSR count). The smallest absolute Gasteiger partial charge is 0.335 e. The molecule has 1 heterocycles. The zero-order valence-electron chi connectivity index (χ0n) is 18.0. The molecule has 1 aromatic rings. The molecule has 8 nitrogen and oxygen atoms in total. The summed E-state index contributed by atoms with van der Waals surface area (Å²) in [6, 6.07) is 5.69. The fraction of sp³-hybridized carbons (Fsp3) is 0.667.